The van der Waals surface area contributed by atoms with Crippen LogP contribution in [0.5, 0.6) is 0 Å². The molecule has 2 atom stereocenters. The lowest BCUT2D eigenvalue weighted by molar-refractivity contribution is -0.121. The van der Waals surface area contributed by atoms with Crippen molar-refractivity contribution in [2.24, 2.45) is 11.8 Å². The van der Waals surface area contributed by atoms with Crippen molar-refractivity contribution in [1.29, 1.82) is 0 Å². The predicted molar refractivity (Wildman–Crippen MR) is 99.1 cm³/mol. The zero-order valence-electron chi connectivity index (χ0n) is 14.4. The Hall–Kier alpha value is -1.06. The maximum Gasteiger partial charge on any atom is 0.220 e. The molecule has 3 nitrogen and oxygen atoms in total. The van der Waals surface area contributed by atoms with Crippen LogP contribution in [0.25, 0.3) is 0 Å². The molecular weight excluding hydrogens is 308 g/mol. The Balaban J connectivity index is 0.00000264. The van der Waals surface area contributed by atoms with Gasteiger partial charge in [0.1, 0.15) is 0 Å². The van der Waals surface area contributed by atoms with Gasteiger partial charge in [0.15, 0.2) is 0 Å². The summed E-state index contributed by atoms with van der Waals surface area (Å²) in [5.74, 6) is 1.68. The van der Waals surface area contributed by atoms with E-state index in [1.54, 1.807) is 0 Å². The Bertz CT molecular complexity index is 444. The van der Waals surface area contributed by atoms with E-state index in [-0.39, 0.29) is 18.3 Å². The number of rotatable bonds is 7. The standard InChI is InChI=1S/C19H30N2O.ClH/c1-15(2)18(17-8-4-3-5-9-17)13-19(22)21-12-10-16-7-6-11-20-14-16;/h3-5,8-9,15-16,18,20H,6-7,10-14H2,1-2H3,(H,21,22);1H. The molecule has 0 radical (unpaired) electrons. The van der Waals surface area contributed by atoms with E-state index in [1.807, 2.05) is 6.07 Å². The Morgan fingerprint density at radius 3 is 2.65 bits per heavy atom. The lowest BCUT2D eigenvalue weighted by Crippen LogP contribution is -2.33. The molecule has 0 bridgehead atoms. The molecule has 2 rings (SSSR count). The van der Waals surface area contributed by atoms with Crippen molar-refractivity contribution in [3.05, 3.63) is 35.9 Å². The molecule has 0 saturated carbocycles. The predicted octanol–water partition coefficient (Wildman–Crippen LogP) is 3.74. The Kier molecular flexibility index (Phi) is 9.27. The Labute approximate surface area is 147 Å². The molecular formula is C19H31ClN2O. The molecule has 1 aromatic rings. The first-order valence-corrected chi connectivity index (χ1v) is 8.69. The van der Waals surface area contributed by atoms with E-state index in [9.17, 15) is 4.79 Å². The van der Waals surface area contributed by atoms with Gasteiger partial charge in [0.2, 0.25) is 5.91 Å². The smallest absolute Gasteiger partial charge is 0.220 e. The quantitative estimate of drug-likeness (QED) is 0.795. The molecule has 4 heteroatoms. The van der Waals surface area contributed by atoms with E-state index in [4.69, 9.17) is 0 Å². The fourth-order valence-corrected chi connectivity index (χ4v) is 3.30. The molecule has 0 aliphatic carbocycles. The number of nitrogens with one attached hydrogen (secondary N) is 2. The van der Waals surface area contributed by atoms with Gasteiger partial charge in [-0.1, -0.05) is 44.2 Å². The summed E-state index contributed by atoms with van der Waals surface area (Å²) in [5.41, 5.74) is 1.27. The van der Waals surface area contributed by atoms with Gasteiger partial charge in [-0.3, -0.25) is 4.79 Å². The Morgan fingerprint density at radius 2 is 2.04 bits per heavy atom. The van der Waals surface area contributed by atoms with Crippen LogP contribution in [0.3, 0.4) is 0 Å². The lowest BCUT2D eigenvalue weighted by Gasteiger charge is -2.23. The van der Waals surface area contributed by atoms with Gasteiger partial charge in [-0.25, -0.2) is 0 Å². The summed E-state index contributed by atoms with van der Waals surface area (Å²) in [6.45, 7) is 7.45. The van der Waals surface area contributed by atoms with Crippen molar-refractivity contribution in [1.82, 2.24) is 10.6 Å². The van der Waals surface area contributed by atoms with Crippen molar-refractivity contribution in [2.45, 2.75) is 45.4 Å². The summed E-state index contributed by atoms with van der Waals surface area (Å²) in [5, 5.41) is 6.55. The maximum atomic E-state index is 12.2. The van der Waals surface area contributed by atoms with Gasteiger partial charge in [-0.15, -0.1) is 12.4 Å². The van der Waals surface area contributed by atoms with Gasteiger partial charge in [0.05, 0.1) is 0 Å². The van der Waals surface area contributed by atoms with E-state index in [0.29, 0.717) is 18.3 Å². The maximum absolute atomic E-state index is 12.2. The minimum absolute atomic E-state index is 0. The van der Waals surface area contributed by atoms with Gasteiger partial charge in [-0.2, -0.15) is 0 Å². The minimum Gasteiger partial charge on any atom is -0.356 e. The first-order chi connectivity index (χ1) is 10.7. The number of halogens is 1. The van der Waals surface area contributed by atoms with Gasteiger partial charge in [0, 0.05) is 13.0 Å². The van der Waals surface area contributed by atoms with E-state index in [0.717, 1.165) is 32.0 Å². The topological polar surface area (TPSA) is 41.1 Å². The highest BCUT2D eigenvalue weighted by Crippen LogP contribution is 2.27. The molecule has 1 saturated heterocycles. The van der Waals surface area contributed by atoms with Gasteiger partial charge < -0.3 is 10.6 Å². The number of hydrogen-bond acceptors (Lipinski definition) is 2. The summed E-state index contributed by atoms with van der Waals surface area (Å²) in [7, 11) is 0. The molecule has 1 fully saturated rings. The number of carbonyl (C=O) groups excluding carboxylic acids is 1. The van der Waals surface area contributed by atoms with Crippen LogP contribution in [-0.4, -0.2) is 25.5 Å². The van der Waals surface area contributed by atoms with Crippen LogP contribution >= 0.6 is 12.4 Å². The minimum atomic E-state index is 0. The van der Waals surface area contributed by atoms with Crippen molar-refractivity contribution in [2.75, 3.05) is 19.6 Å². The van der Waals surface area contributed by atoms with E-state index in [2.05, 4.69) is 48.7 Å². The zero-order valence-corrected chi connectivity index (χ0v) is 15.2. The second-order valence-electron chi connectivity index (χ2n) is 6.82. The molecule has 1 heterocycles. The van der Waals surface area contributed by atoms with Gasteiger partial charge in [0.25, 0.3) is 0 Å². The number of benzene rings is 1. The summed E-state index contributed by atoms with van der Waals surface area (Å²) in [6.07, 6.45) is 4.24. The third-order valence-electron chi connectivity index (χ3n) is 4.71. The second-order valence-corrected chi connectivity index (χ2v) is 6.82. The molecule has 1 aromatic carbocycles. The molecule has 2 N–H and O–H groups in total. The van der Waals surface area contributed by atoms with Crippen molar-refractivity contribution < 1.29 is 4.79 Å². The molecule has 130 valence electrons. The fraction of sp³-hybridized carbons (Fsp3) is 0.632. The highest BCUT2D eigenvalue weighted by atomic mass is 35.5. The van der Waals surface area contributed by atoms with Crippen LogP contribution in [0.15, 0.2) is 30.3 Å². The Morgan fingerprint density at radius 1 is 1.30 bits per heavy atom. The monoisotopic (exact) mass is 338 g/mol. The van der Waals surface area contributed by atoms with Crippen LogP contribution < -0.4 is 10.6 Å². The number of amides is 1. The van der Waals surface area contributed by atoms with Crippen LogP contribution in [0.1, 0.15) is 51.0 Å². The number of piperidine rings is 1. The molecule has 1 amide bonds. The molecule has 0 spiro atoms. The number of hydrogen-bond donors (Lipinski definition) is 2. The highest BCUT2D eigenvalue weighted by molar-refractivity contribution is 5.85. The fourth-order valence-electron chi connectivity index (χ4n) is 3.30. The van der Waals surface area contributed by atoms with Crippen molar-refractivity contribution >= 4 is 18.3 Å². The highest BCUT2D eigenvalue weighted by Gasteiger charge is 2.19. The third-order valence-corrected chi connectivity index (χ3v) is 4.71. The molecule has 1 aliphatic rings. The van der Waals surface area contributed by atoms with Crippen LogP contribution in [0, 0.1) is 11.8 Å². The first kappa shape index (κ1) is 20.0. The average Bonchev–Trinajstić information content (AvgIpc) is 2.54. The van der Waals surface area contributed by atoms with E-state index in [1.165, 1.54) is 18.4 Å². The van der Waals surface area contributed by atoms with Crippen LogP contribution in [0.4, 0.5) is 0 Å². The van der Waals surface area contributed by atoms with Crippen LogP contribution in [-0.2, 0) is 4.79 Å². The SMILES string of the molecule is CC(C)C(CC(=O)NCCC1CCCNC1)c1ccccc1.Cl. The van der Waals surface area contributed by atoms with E-state index >= 15 is 0 Å². The van der Waals surface area contributed by atoms with Gasteiger partial charge >= 0.3 is 0 Å². The molecule has 0 aromatic heterocycles. The summed E-state index contributed by atoms with van der Waals surface area (Å²) >= 11 is 0. The zero-order chi connectivity index (χ0) is 15.8. The largest absolute Gasteiger partial charge is 0.356 e. The molecule has 2 unspecified atom stereocenters. The summed E-state index contributed by atoms with van der Waals surface area (Å²) in [4.78, 5) is 12.2. The second kappa shape index (κ2) is 10.7. The van der Waals surface area contributed by atoms with Crippen LogP contribution in [0.2, 0.25) is 0 Å². The van der Waals surface area contributed by atoms with Crippen molar-refractivity contribution in [3.8, 4) is 0 Å². The first-order valence-electron chi connectivity index (χ1n) is 8.69. The molecule has 1 aliphatic heterocycles. The van der Waals surface area contributed by atoms with E-state index < -0.39 is 0 Å². The third kappa shape index (κ3) is 6.92. The van der Waals surface area contributed by atoms with Crippen molar-refractivity contribution in [3.63, 3.8) is 0 Å². The molecule has 23 heavy (non-hydrogen) atoms. The lowest BCUT2D eigenvalue weighted by atomic mass is 9.85. The number of carbonyl (C=O) groups is 1. The average molecular weight is 339 g/mol. The van der Waals surface area contributed by atoms with Gasteiger partial charge in [-0.05, 0) is 55.7 Å². The normalized spacial score (nSPS) is 19.0. The summed E-state index contributed by atoms with van der Waals surface area (Å²) < 4.78 is 0. The summed E-state index contributed by atoms with van der Waals surface area (Å²) in [6, 6.07) is 10.4.